The van der Waals surface area contributed by atoms with E-state index >= 15 is 0 Å². The lowest BCUT2D eigenvalue weighted by atomic mass is 9.74. The van der Waals surface area contributed by atoms with Crippen molar-refractivity contribution in [2.24, 2.45) is 11.8 Å². The van der Waals surface area contributed by atoms with Gasteiger partial charge in [-0.2, -0.15) is 0 Å². The van der Waals surface area contributed by atoms with Crippen molar-refractivity contribution < 1.29 is 0 Å². The van der Waals surface area contributed by atoms with Gasteiger partial charge >= 0.3 is 0 Å². The van der Waals surface area contributed by atoms with E-state index in [0.29, 0.717) is 0 Å². The Bertz CT molecular complexity index is 88.6. The molecule has 0 heteroatoms. The summed E-state index contributed by atoms with van der Waals surface area (Å²) >= 11 is 0. The van der Waals surface area contributed by atoms with Crippen LogP contribution in [0.4, 0.5) is 0 Å². The summed E-state index contributed by atoms with van der Waals surface area (Å²) in [5.41, 5.74) is 0. The highest BCUT2D eigenvalue weighted by atomic mass is 14.3. The van der Waals surface area contributed by atoms with Gasteiger partial charge in [-0.3, -0.25) is 0 Å². The van der Waals surface area contributed by atoms with Crippen LogP contribution in [0.5, 0.6) is 0 Å². The van der Waals surface area contributed by atoms with Crippen LogP contribution in [-0.2, 0) is 0 Å². The third-order valence-corrected chi connectivity index (χ3v) is 1.99. The minimum absolute atomic E-state index is 0.743. The van der Waals surface area contributed by atoms with Crippen molar-refractivity contribution in [3.8, 4) is 0 Å². The standard InChI is InChI=1S/C8H12/c1-3-7-5-6-8(7)4-2/h3-4,7-8H,1-2,5-6H2/t7-,8?/m1/s1. The number of allylic oxidation sites excluding steroid dienone is 2. The summed E-state index contributed by atoms with van der Waals surface area (Å²) in [5.74, 6) is 1.49. The van der Waals surface area contributed by atoms with Crippen LogP contribution in [0.15, 0.2) is 25.3 Å². The van der Waals surface area contributed by atoms with Crippen LogP contribution >= 0.6 is 0 Å². The van der Waals surface area contributed by atoms with E-state index in [1.54, 1.807) is 0 Å². The van der Waals surface area contributed by atoms with E-state index in [0.717, 1.165) is 11.8 Å². The van der Waals surface area contributed by atoms with Crippen LogP contribution < -0.4 is 0 Å². The average Bonchev–Trinajstić information content (AvgIpc) is 1.66. The van der Waals surface area contributed by atoms with Crippen molar-refractivity contribution in [3.05, 3.63) is 25.3 Å². The second kappa shape index (κ2) is 2.17. The van der Waals surface area contributed by atoms with Gasteiger partial charge in [0.2, 0.25) is 0 Å². The van der Waals surface area contributed by atoms with Crippen LogP contribution in [-0.4, -0.2) is 0 Å². The van der Waals surface area contributed by atoms with Crippen LogP contribution in [0.3, 0.4) is 0 Å². The third-order valence-electron chi connectivity index (χ3n) is 1.99. The maximum atomic E-state index is 3.73. The van der Waals surface area contributed by atoms with E-state index in [2.05, 4.69) is 13.2 Å². The Morgan fingerprint density at radius 2 is 1.38 bits per heavy atom. The summed E-state index contributed by atoms with van der Waals surface area (Å²) in [6.45, 7) is 7.47. The van der Waals surface area contributed by atoms with Gasteiger partial charge in [0.25, 0.3) is 0 Å². The first-order valence-corrected chi connectivity index (χ1v) is 3.13. The molecule has 44 valence electrons. The van der Waals surface area contributed by atoms with Crippen molar-refractivity contribution in [2.75, 3.05) is 0 Å². The van der Waals surface area contributed by atoms with Crippen LogP contribution in [0.25, 0.3) is 0 Å². The normalized spacial score (nSPS) is 35.5. The van der Waals surface area contributed by atoms with Gasteiger partial charge in [-0.05, 0) is 24.7 Å². The minimum Gasteiger partial charge on any atom is -0.103 e. The maximum Gasteiger partial charge on any atom is -0.0173 e. The molecule has 0 aromatic rings. The second-order valence-corrected chi connectivity index (χ2v) is 2.38. The Morgan fingerprint density at radius 3 is 1.50 bits per heavy atom. The lowest BCUT2D eigenvalue weighted by Gasteiger charge is -2.31. The topological polar surface area (TPSA) is 0 Å². The van der Waals surface area contributed by atoms with Gasteiger partial charge < -0.3 is 0 Å². The molecule has 0 radical (unpaired) electrons. The Balaban J connectivity index is 2.36. The fourth-order valence-electron chi connectivity index (χ4n) is 1.14. The zero-order chi connectivity index (χ0) is 5.98. The lowest BCUT2D eigenvalue weighted by Crippen LogP contribution is -2.20. The lowest BCUT2D eigenvalue weighted by molar-refractivity contribution is 0.287. The first kappa shape index (κ1) is 5.61. The fraction of sp³-hybridized carbons (Fsp3) is 0.500. The summed E-state index contributed by atoms with van der Waals surface area (Å²) in [6.07, 6.45) is 6.71. The molecular weight excluding hydrogens is 96.1 g/mol. The Hall–Kier alpha value is -0.520. The third kappa shape index (κ3) is 0.706. The largest absolute Gasteiger partial charge is 0.103 e. The first-order valence-electron chi connectivity index (χ1n) is 3.13. The SMILES string of the molecule is C=CC1CC[C@H]1C=C. The molecule has 1 unspecified atom stereocenters. The van der Waals surface area contributed by atoms with Crippen molar-refractivity contribution >= 4 is 0 Å². The molecule has 1 aliphatic carbocycles. The number of hydrogen-bond donors (Lipinski definition) is 0. The van der Waals surface area contributed by atoms with E-state index in [1.165, 1.54) is 12.8 Å². The summed E-state index contributed by atoms with van der Waals surface area (Å²) in [4.78, 5) is 0. The monoisotopic (exact) mass is 108 g/mol. The molecule has 0 aromatic heterocycles. The van der Waals surface area contributed by atoms with Gasteiger partial charge in [0.1, 0.15) is 0 Å². The predicted molar refractivity (Wildman–Crippen MR) is 36.6 cm³/mol. The molecule has 0 aromatic carbocycles. The van der Waals surface area contributed by atoms with Gasteiger partial charge in [0.15, 0.2) is 0 Å². The van der Waals surface area contributed by atoms with Crippen LogP contribution in [0.2, 0.25) is 0 Å². The van der Waals surface area contributed by atoms with Crippen molar-refractivity contribution in [2.45, 2.75) is 12.8 Å². The van der Waals surface area contributed by atoms with Crippen molar-refractivity contribution in [3.63, 3.8) is 0 Å². The quantitative estimate of drug-likeness (QED) is 0.476. The van der Waals surface area contributed by atoms with E-state index < -0.39 is 0 Å². The molecule has 1 aliphatic rings. The predicted octanol–water partition coefficient (Wildman–Crippen LogP) is 2.38. The molecule has 0 aliphatic heterocycles. The van der Waals surface area contributed by atoms with Crippen molar-refractivity contribution in [1.82, 2.24) is 0 Å². The molecule has 0 nitrogen and oxygen atoms in total. The Morgan fingerprint density at radius 1 is 1.00 bits per heavy atom. The molecule has 1 saturated carbocycles. The molecule has 1 rings (SSSR count). The van der Waals surface area contributed by atoms with E-state index in [4.69, 9.17) is 0 Å². The van der Waals surface area contributed by atoms with E-state index in [-0.39, 0.29) is 0 Å². The second-order valence-electron chi connectivity index (χ2n) is 2.38. The molecule has 0 heterocycles. The maximum absolute atomic E-state index is 3.73. The van der Waals surface area contributed by atoms with Crippen LogP contribution in [0, 0.1) is 11.8 Å². The summed E-state index contributed by atoms with van der Waals surface area (Å²) in [5, 5.41) is 0. The highest BCUT2D eigenvalue weighted by Crippen LogP contribution is 2.35. The molecule has 2 atom stereocenters. The highest BCUT2D eigenvalue weighted by molar-refractivity contribution is 4.99. The molecule has 0 N–H and O–H groups in total. The molecule has 0 saturated heterocycles. The van der Waals surface area contributed by atoms with E-state index in [9.17, 15) is 0 Å². The van der Waals surface area contributed by atoms with Crippen molar-refractivity contribution in [1.29, 1.82) is 0 Å². The zero-order valence-corrected chi connectivity index (χ0v) is 5.14. The van der Waals surface area contributed by atoms with Gasteiger partial charge in [-0.25, -0.2) is 0 Å². The Labute approximate surface area is 50.9 Å². The van der Waals surface area contributed by atoms with Gasteiger partial charge in [0.05, 0.1) is 0 Å². The van der Waals surface area contributed by atoms with Gasteiger partial charge in [-0.1, -0.05) is 12.2 Å². The summed E-state index contributed by atoms with van der Waals surface area (Å²) in [6, 6.07) is 0. The average molecular weight is 108 g/mol. The highest BCUT2D eigenvalue weighted by Gasteiger charge is 2.24. The van der Waals surface area contributed by atoms with Gasteiger partial charge in [0, 0.05) is 0 Å². The molecule has 1 fully saturated rings. The molecule has 0 spiro atoms. The summed E-state index contributed by atoms with van der Waals surface area (Å²) in [7, 11) is 0. The number of hydrogen-bond acceptors (Lipinski definition) is 0. The van der Waals surface area contributed by atoms with Crippen LogP contribution in [0.1, 0.15) is 12.8 Å². The smallest absolute Gasteiger partial charge is 0.0173 e. The molecule has 0 bridgehead atoms. The Kier molecular flexibility index (Phi) is 1.52. The fourth-order valence-corrected chi connectivity index (χ4v) is 1.14. The van der Waals surface area contributed by atoms with E-state index in [1.807, 2.05) is 12.2 Å². The zero-order valence-electron chi connectivity index (χ0n) is 5.14. The number of rotatable bonds is 2. The molecule has 0 amide bonds. The summed E-state index contributed by atoms with van der Waals surface area (Å²) < 4.78 is 0. The molecular formula is C8H12. The first-order chi connectivity index (χ1) is 3.88. The van der Waals surface area contributed by atoms with Gasteiger partial charge in [-0.15, -0.1) is 13.2 Å². The molecule has 8 heavy (non-hydrogen) atoms. The minimum atomic E-state index is 0.743.